The molecule has 5 rings (SSSR count). The van der Waals surface area contributed by atoms with Gasteiger partial charge >= 0.3 is 0 Å². The van der Waals surface area contributed by atoms with Crippen molar-refractivity contribution in [1.29, 1.82) is 0 Å². The molecule has 0 saturated heterocycles. The standard InChI is InChI=1S/C32H33N3O5.ClH/c1-37-27-12-8-7-11-26(27)35-31-22-9-5-6-10-24(22)34-25-15-14-21(19-23(25)31)33-30(36)16-13-20-17-28(38-2)32(40-4)29(18-20)39-3;/h7-8,11-19H,5-6,9-10H2,1-4H3,(H,33,36)(H,34,35);1H/b16-13+;. The number of nitrogens with one attached hydrogen (secondary N) is 2. The van der Waals surface area contributed by atoms with Crippen LogP contribution in [0.3, 0.4) is 0 Å². The number of fused-ring (bicyclic) bond motifs is 2. The lowest BCUT2D eigenvalue weighted by Gasteiger charge is -2.22. The number of hydrogen-bond donors (Lipinski definition) is 2. The Labute approximate surface area is 246 Å². The van der Waals surface area contributed by atoms with Crippen molar-refractivity contribution in [3.8, 4) is 23.0 Å². The summed E-state index contributed by atoms with van der Waals surface area (Å²) in [4.78, 5) is 17.9. The average Bonchev–Trinajstić information content (AvgIpc) is 2.99. The normalized spacial score (nSPS) is 12.3. The van der Waals surface area contributed by atoms with Gasteiger partial charge < -0.3 is 29.6 Å². The van der Waals surface area contributed by atoms with E-state index >= 15 is 0 Å². The lowest BCUT2D eigenvalue weighted by molar-refractivity contribution is -0.111. The maximum absolute atomic E-state index is 12.9. The number of benzene rings is 3. The summed E-state index contributed by atoms with van der Waals surface area (Å²) < 4.78 is 21.8. The predicted octanol–water partition coefficient (Wildman–Crippen LogP) is 6.97. The van der Waals surface area contributed by atoms with E-state index in [-0.39, 0.29) is 18.3 Å². The van der Waals surface area contributed by atoms with Crippen LogP contribution in [0, 0.1) is 0 Å². The fraction of sp³-hybridized carbons (Fsp3) is 0.250. The maximum Gasteiger partial charge on any atom is 0.248 e. The summed E-state index contributed by atoms with van der Waals surface area (Å²) >= 11 is 0. The first kappa shape index (κ1) is 29.6. The third kappa shape index (κ3) is 6.33. The zero-order valence-electron chi connectivity index (χ0n) is 23.6. The first-order valence-corrected chi connectivity index (χ1v) is 13.2. The smallest absolute Gasteiger partial charge is 0.248 e. The zero-order chi connectivity index (χ0) is 28.1. The molecule has 0 spiro atoms. The molecular formula is C32H34ClN3O5. The van der Waals surface area contributed by atoms with Crippen molar-refractivity contribution in [3.05, 3.63) is 77.5 Å². The Bertz CT molecular complexity index is 1560. The Kier molecular flexibility index (Phi) is 9.57. The minimum atomic E-state index is -0.266. The number of aryl methyl sites for hydroxylation is 1. The SMILES string of the molecule is COc1ccccc1Nc1c2c(nc3ccc(NC(=O)/C=C/c4cc(OC)c(OC)c(OC)c4)cc13)CCCC2.Cl. The summed E-state index contributed by atoms with van der Waals surface area (Å²) in [6.45, 7) is 0. The molecule has 214 valence electrons. The number of carbonyl (C=O) groups is 1. The second-order valence-electron chi connectivity index (χ2n) is 9.46. The Balaban J connectivity index is 0.00000387. The zero-order valence-corrected chi connectivity index (χ0v) is 24.4. The molecule has 0 saturated carbocycles. The van der Waals surface area contributed by atoms with E-state index in [2.05, 4.69) is 10.6 Å². The average molecular weight is 576 g/mol. The summed E-state index contributed by atoms with van der Waals surface area (Å²) in [6.07, 6.45) is 7.33. The molecule has 0 radical (unpaired) electrons. The number of rotatable bonds is 9. The molecule has 1 aromatic heterocycles. The molecule has 0 aliphatic heterocycles. The van der Waals surface area contributed by atoms with Crippen LogP contribution >= 0.6 is 12.4 Å². The molecule has 2 N–H and O–H groups in total. The van der Waals surface area contributed by atoms with E-state index in [4.69, 9.17) is 23.9 Å². The van der Waals surface area contributed by atoms with Crippen LogP contribution in [-0.4, -0.2) is 39.3 Å². The molecule has 0 atom stereocenters. The topological polar surface area (TPSA) is 90.9 Å². The van der Waals surface area contributed by atoms with Gasteiger partial charge in [-0.05, 0) is 85.4 Å². The van der Waals surface area contributed by atoms with Crippen LogP contribution in [0.2, 0.25) is 0 Å². The van der Waals surface area contributed by atoms with Gasteiger partial charge in [-0.2, -0.15) is 0 Å². The monoisotopic (exact) mass is 575 g/mol. The number of pyridine rings is 1. The molecule has 8 nitrogen and oxygen atoms in total. The highest BCUT2D eigenvalue weighted by atomic mass is 35.5. The summed E-state index contributed by atoms with van der Waals surface area (Å²) in [5.41, 5.74) is 6.52. The van der Waals surface area contributed by atoms with Crippen LogP contribution in [0.5, 0.6) is 23.0 Å². The molecule has 0 fully saturated rings. The van der Waals surface area contributed by atoms with E-state index in [1.54, 1.807) is 46.6 Å². The van der Waals surface area contributed by atoms with Gasteiger partial charge in [0.15, 0.2) is 11.5 Å². The number of methoxy groups -OCH3 is 4. The fourth-order valence-electron chi connectivity index (χ4n) is 5.08. The minimum Gasteiger partial charge on any atom is -0.495 e. The van der Waals surface area contributed by atoms with E-state index in [0.29, 0.717) is 22.9 Å². The molecular weight excluding hydrogens is 542 g/mol. The second-order valence-corrected chi connectivity index (χ2v) is 9.46. The highest BCUT2D eigenvalue weighted by Crippen LogP contribution is 2.39. The summed E-state index contributed by atoms with van der Waals surface area (Å²) in [5, 5.41) is 7.55. The molecule has 0 bridgehead atoms. The van der Waals surface area contributed by atoms with Crippen LogP contribution < -0.4 is 29.6 Å². The molecule has 0 unspecified atom stereocenters. The molecule has 1 amide bonds. The van der Waals surface area contributed by atoms with Gasteiger partial charge in [0.2, 0.25) is 11.7 Å². The van der Waals surface area contributed by atoms with Gasteiger partial charge in [-0.25, -0.2) is 0 Å². The van der Waals surface area contributed by atoms with Crippen LogP contribution in [0.1, 0.15) is 29.7 Å². The Morgan fingerprint density at radius 3 is 2.27 bits per heavy atom. The Morgan fingerprint density at radius 1 is 0.854 bits per heavy atom. The highest BCUT2D eigenvalue weighted by molar-refractivity contribution is 6.04. The first-order chi connectivity index (χ1) is 19.5. The maximum atomic E-state index is 12.9. The largest absolute Gasteiger partial charge is 0.495 e. The third-order valence-corrected chi connectivity index (χ3v) is 7.01. The number of nitrogens with zero attached hydrogens (tertiary/aromatic N) is 1. The molecule has 3 aromatic carbocycles. The number of amides is 1. The third-order valence-electron chi connectivity index (χ3n) is 7.01. The van der Waals surface area contributed by atoms with Crippen molar-refractivity contribution >= 4 is 52.4 Å². The lowest BCUT2D eigenvalue weighted by atomic mass is 9.92. The van der Waals surface area contributed by atoms with Gasteiger partial charge in [-0.15, -0.1) is 12.4 Å². The minimum absolute atomic E-state index is 0. The molecule has 1 aliphatic rings. The van der Waals surface area contributed by atoms with Gasteiger partial charge in [0.05, 0.1) is 45.3 Å². The van der Waals surface area contributed by atoms with E-state index in [0.717, 1.165) is 65.0 Å². The van der Waals surface area contributed by atoms with Gasteiger partial charge in [0.1, 0.15) is 5.75 Å². The van der Waals surface area contributed by atoms with E-state index in [1.807, 2.05) is 42.5 Å². The van der Waals surface area contributed by atoms with E-state index < -0.39 is 0 Å². The van der Waals surface area contributed by atoms with E-state index in [9.17, 15) is 4.79 Å². The number of halogens is 1. The van der Waals surface area contributed by atoms with E-state index in [1.165, 1.54) is 11.6 Å². The van der Waals surface area contributed by atoms with Gasteiger partial charge in [0.25, 0.3) is 0 Å². The molecule has 4 aromatic rings. The summed E-state index contributed by atoms with van der Waals surface area (Å²) in [5.74, 6) is 2.03. The van der Waals surface area contributed by atoms with Crippen LogP contribution in [0.25, 0.3) is 17.0 Å². The molecule has 41 heavy (non-hydrogen) atoms. The van der Waals surface area contributed by atoms with Crippen molar-refractivity contribution in [2.75, 3.05) is 39.1 Å². The lowest BCUT2D eigenvalue weighted by Crippen LogP contribution is -2.11. The molecule has 1 aliphatic carbocycles. The van der Waals surface area contributed by atoms with Crippen LogP contribution in [0.4, 0.5) is 17.1 Å². The van der Waals surface area contributed by atoms with Crippen LogP contribution in [-0.2, 0) is 17.6 Å². The Hall–Kier alpha value is -4.43. The number of para-hydroxylation sites is 2. The van der Waals surface area contributed by atoms with Crippen molar-refractivity contribution in [3.63, 3.8) is 0 Å². The summed E-state index contributed by atoms with van der Waals surface area (Å²) in [6, 6.07) is 17.2. The number of ether oxygens (including phenoxy) is 4. The van der Waals surface area contributed by atoms with Crippen molar-refractivity contribution < 1.29 is 23.7 Å². The van der Waals surface area contributed by atoms with Crippen molar-refractivity contribution in [1.82, 2.24) is 4.98 Å². The van der Waals surface area contributed by atoms with Gasteiger partial charge in [-0.3, -0.25) is 9.78 Å². The number of anilines is 3. The number of hydrogen-bond acceptors (Lipinski definition) is 7. The highest BCUT2D eigenvalue weighted by Gasteiger charge is 2.20. The summed E-state index contributed by atoms with van der Waals surface area (Å²) in [7, 11) is 6.33. The van der Waals surface area contributed by atoms with Crippen molar-refractivity contribution in [2.45, 2.75) is 25.7 Å². The number of carbonyl (C=O) groups excluding carboxylic acids is 1. The quantitative estimate of drug-likeness (QED) is 0.208. The van der Waals surface area contributed by atoms with Crippen molar-refractivity contribution in [2.24, 2.45) is 0 Å². The molecule has 9 heteroatoms. The Morgan fingerprint density at radius 2 is 1.56 bits per heavy atom. The fourth-order valence-corrected chi connectivity index (χ4v) is 5.08. The first-order valence-electron chi connectivity index (χ1n) is 13.2. The predicted molar refractivity (Wildman–Crippen MR) is 166 cm³/mol. The van der Waals surface area contributed by atoms with Crippen LogP contribution in [0.15, 0.2) is 60.7 Å². The second kappa shape index (κ2) is 13.3. The van der Waals surface area contributed by atoms with Gasteiger partial charge in [-0.1, -0.05) is 12.1 Å². The van der Waals surface area contributed by atoms with Gasteiger partial charge in [0, 0.05) is 22.8 Å². The molecule has 1 heterocycles. The number of aromatic nitrogens is 1.